The number of halogens is 2. The van der Waals surface area contributed by atoms with E-state index in [1.807, 2.05) is 0 Å². The first-order valence-corrected chi connectivity index (χ1v) is 4.71. The molecule has 7 heteroatoms. The minimum atomic E-state index is -4.52. The van der Waals surface area contributed by atoms with Crippen LogP contribution in [0.2, 0.25) is 0 Å². The molecule has 0 saturated heterocycles. The summed E-state index contributed by atoms with van der Waals surface area (Å²) in [7, 11) is -3.32. The first kappa shape index (κ1) is 13.2. The molecule has 0 aliphatic carbocycles. The molecule has 0 aromatic heterocycles. The molecule has 0 heterocycles. The van der Waals surface area contributed by atoms with E-state index in [0.717, 1.165) is 6.07 Å². The fourth-order valence-corrected chi connectivity index (χ4v) is 1.43. The van der Waals surface area contributed by atoms with Crippen molar-refractivity contribution < 1.29 is 22.1 Å². The SMILES string of the molecule is COc1cccc(S(=O)(=O)O)c1F.Cl. The van der Waals surface area contributed by atoms with Crippen LogP contribution < -0.4 is 4.74 Å². The lowest BCUT2D eigenvalue weighted by Gasteiger charge is -2.03. The van der Waals surface area contributed by atoms with Crippen molar-refractivity contribution in [3.05, 3.63) is 24.0 Å². The highest BCUT2D eigenvalue weighted by Crippen LogP contribution is 2.22. The molecule has 1 aromatic carbocycles. The Hall–Kier alpha value is -0.850. The van der Waals surface area contributed by atoms with Gasteiger partial charge in [-0.2, -0.15) is 8.42 Å². The van der Waals surface area contributed by atoms with Crippen LogP contribution in [0.4, 0.5) is 4.39 Å². The van der Waals surface area contributed by atoms with E-state index in [-0.39, 0.29) is 18.2 Å². The van der Waals surface area contributed by atoms with Gasteiger partial charge in [0, 0.05) is 0 Å². The van der Waals surface area contributed by atoms with Crippen molar-refractivity contribution in [2.24, 2.45) is 0 Å². The van der Waals surface area contributed by atoms with E-state index in [4.69, 9.17) is 4.55 Å². The van der Waals surface area contributed by atoms with Crippen LogP contribution >= 0.6 is 12.4 Å². The molecule has 80 valence electrons. The Morgan fingerprint density at radius 3 is 2.43 bits per heavy atom. The van der Waals surface area contributed by atoms with Crippen LogP contribution in [-0.2, 0) is 10.1 Å². The third-order valence-electron chi connectivity index (χ3n) is 1.43. The maximum absolute atomic E-state index is 13.1. The maximum atomic E-state index is 13.1. The van der Waals surface area contributed by atoms with Crippen molar-refractivity contribution in [3.63, 3.8) is 0 Å². The van der Waals surface area contributed by atoms with Crippen LogP contribution in [0, 0.1) is 5.82 Å². The Kier molecular flexibility index (Phi) is 4.31. The van der Waals surface area contributed by atoms with Gasteiger partial charge in [0.25, 0.3) is 10.1 Å². The zero-order chi connectivity index (χ0) is 10.1. The molecule has 0 fully saturated rings. The van der Waals surface area contributed by atoms with E-state index in [1.165, 1.54) is 19.2 Å². The number of rotatable bonds is 2. The Bertz CT molecular complexity index is 418. The highest BCUT2D eigenvalue weighted by molar-refractivity contribution is 7.85. The summed E-state index contributed by atoms with van der Waals surface area (Å²) in [6, 6.07) is 3.47. The van der Waals surface area contributed by atoms with E-state index in [0.29, 0.717) is 0 Å². The molecule has 0 spiro atoms. The predicted octanol–water partition coefficient (Wildman–Crippen LogP) is 1.50. The van der Waals surface area contributed by atoms with Crippen LogP contribution in [0.3, 0.4) is 0 Å². The van der Waals surface area contributed by atoms with E-state index >= 15 is 0 Å². The third kappa shape index (κ3) is 2.57. The van der Waals surface area contributed by atoms with Crippen LogP contribution in [-0.4, -0.2) is 20.1 Å². The minimum absolute atomic E-state index is 0. The molecule has 1 rings (SSSR count). The zero-order valence-electron chi connectivity index (χ0n) is 7.10. The monoisotopic (exact) mass is 242 g/mol. The van der Waals surface area contributed by atoms with Gasteiger partial charge in [0.15, 0.2) is 11.6 Å². The summed E-state index contributed by atoms with van der Waals surface area (Å²) in [6.07, 6.45) is 0. The van der Waals surface area contributed by atoms with E-state index < -0.39 is 20.8 Å². The van der Waals surface area contributed by atoms with Gasteiger partial charge in [0.2, 0.25) is 0 Å². The Morgan fingerprint density at radius 1 is 1.43 bits per heavy atom. The van der Waals surface area contributed by atoms with Gasteiger partial charge in [-0.25, -0.2) is 4.39 Å². The van der Waals surface area contributed by atoms with Gasteiger partial charge in [-0.3, -0.25) is 4.55 Å². The average molecular weight is 243 g/mol. The minimum Gasteiger partial charge on any atom is -0.494 e. The fraction of sp³-hybridized carbons (Fsp3) is 0.143. The summed E-state index contributed by atoms with van der Waals surface area (Å²) in [4.78, 5) is -0.785. The van der Waals surface area contributed by atoms with E-state index in [9.17, 15) is 12.8 Å². The van der Waals surface area contributed by atoms with Crippen LogP contribution in [0.5, 0.6) is 5.75 Å². The van der Waals surface area contributed by atoms with Crippen molar-refractivity contribution >= 4 is 22.5 Å². The molecule has 0 aliphatic heterocycles. The lowest BCUT2D eigenvalue weighted by Crippen LogP contribution is -2.02. The second-order valence-electron chi connectivity index (χ2n) is 2.25. The summed E-state index contributed by atoms with van der Waals surface area (Å²) in [5.74, 6) is -1.32. The summed E-state index contributed by atoms with van der Waals surface area (Å²) in [5.41, 5.74) is 0. The van der Waals surface area contributed by atoms with Gasteiger partial charge in [0.1, 0.15) is 4.90 Å². The van der Waals surface area contributed by atoms with Crippen molar-refractivity contribution in [1.82, 2.24) is 0 Å². The number of benzene rings is 1. The molecule has 0 amide bonds. The molecule has 0 atom stereocenters. The number of methoxy groups -OCH3 is 1. The highest BCUT2D eigenvalue weighted by atomic mass is 35.5. The number of hydrogen-bond donors (Lipinski definition) is 1. The zero-order valence-corrected chi connectivity index (χ0v) is 8.73. The molecule has 1 N–H and O–H groups in total. The molecule has 1 aromatic rings. The standard InChI is InChI=1S/C7H7FO4S.ClH/c1-12-5-3-2-4-6(7(5)8)13(9,10)11;/h2-4H,1H3,(H,9,10,11);1H. The van der Waals surface area contributed by atoms with Crippen molar-refractivity contribution in [2.75, 3.05) is 7.11 Å². The quantitative estimate of drug-likeness (QED) is 0.799. The molecule has 0 radical (unpaired) electrons. The number of hydrogen-bond acceptors (Lipinski definition) is 3. The topological polar surface area (TPSA) is 63.6 Å². The van der Waals surface area contributed by atoms with E-state index in [1.54, 1.807) is 0 Å². The van der Waals surface area contributed by atoms with Gasteiger partial charge >= 0.3 is 0 Å². The first-order valence-electron chi connectivity index (χ1n) is 3.27. The van der Waals surface area contributed by atoms with Crippen LogP contribution in [0.1, 0.15) is 0 Å². The van der Waals surface area contributed by atoms with Crippen molar-refractivity contribution in [3.8, 4) is 5.75 Å². The summed E-state index contributed by atoms with van der Waals surface area (Å²) in [6.45, 7) is 0. The van der Waals surface area contributed by atoms with Crippen molar-refractivity contribution in [1.29, 1.82) is 0 Å². The highest BCUT2D eigenvalue weighted by Gasteiger charge is 2.18. The normalized spacial score (nSPS) is 10.5. The predicted molar refractivity (Wildman–Crippen MR) is 50.0 cm³/mol. The molecule has 4 nitrogen and oxygen atoms in total. The van der Waals surface area contributed by atoms with Crippen LogP contribution in [0.15, 0.2) is 23.1 Å². The number of ether oxygens (including phenoxy) is 1. The first-order chi connectivity index (χ1) is 5.96. The van der Waals surface area contributed by atoms with Gasteiger partial charge < -0.3 is 4.74 Å². The average Bonchev–Trinajstić information content (AvgIpc) is 2.02. The van der Waals surface area contributed by atoms with Gasteiger partial charge in [-0.15, -0.1) is 12.4 Å². The molecule has 14 heavy (non-hydrogen) atoms. The maximum Gasteiger partial charge on any atom is 0.297 e. The molecular weight excluding hydrogens is 235 g/mol. The summed E-state index contributed by atoms with van der Waals surface area (Å²) in [5, 5.41) is 0. The van der Waals surface area contributed by atoms with Crippen LogP contribution in [0.25, 0.3) is 0 Å². The Balaban J connectivity index is 0.00000169. The molecule has 0 saturated carbocycles. The van der Waals surface area contributed by atoms with Gasteiger partial charge in [0.05, 0.1) is 7.11 Å². The molecule has 0 unspecified atom stereocenters. The Labute approximate surface area is 86.9 Å². The lowest BCUT2D eigenvalue weighted by molar-refractivity contribution is 0.378. The fourth-order valence-electron chi connectivity index (χ4n) is 0.848. The second kappa shape index (κ2) is 4.59. The van der Waals surface area contributed by atoms with E-state index in [2.05, 4.69) is 4.74 Å². The smallest absolute Gasteiger partial charge is 0.297 e. The second-order valence-corrected chi connectivity index (χ2v) is 3.64. The van der Waals surface area contributed by atoms with Crippen molar-refractivity contribution in [2.45, 2.75) is 4.90 Å². The third-order valence-corrected chi connectivity index (χ3v) is 2.30. The molecule has 0 aliphatic rings. The lowest BCUT2D eigenvalue weighted by atomic mass is 10.3. The Morgan fingerprint density at radius 2 is 2.00 bits per heavy atom. The summed E-state index contributed by atoms with van der Waals surface area (Å²) >= 11 is 0. The molecule has 0 bridgehead atoms. The largest absolute Gasteiger partial charge is 0.494 e. The molecular formula is C7H8ClFO4S. The van der Waals surface area contributed by atoms with Gasteiger partial charge in [-0.05, 0) is 12.1 Å². The summed E-state index contributed by atoms with van der Waals surface area (Å²) < 4.78 is 47.4. The van der Waals surface area contributed by atoms with Gasteiger partial charge in [-0.1, -0.05) is 6.07 Å².